The van der Waals surface area contributed by atoms with Gasteiger partial charge in [0.15, 0.2) is 0 Å². The summed E-state index contributed by atoms with van der Waals surface area (Å²) in [5.41, 5.74) is 6.62. The number of pyridine rings is 1. The van der Waals surface area contributed by atoms with Crippen molar-refractivity contribution in [1.29, 1.82) is 5.26 Å². The Labute approximate surface area is 229 Å². The third-order valence-electron chi connectivity index (χ3n) is 7.82. The first-order chi connectivity index (χ1) is 18.6. The fraction of sp³-hybridized carbons (Fsp3) is 0.529. The number of ether oxygens (including phenoxy) is 2. The summed E-state index contributed by atoms with van der Waals surface area (Å²) in [5.74, 6) is 3.01. The molecular formula is C34H44N2O2. The van der Waals surface area contributed by atoms with Gasteiger partial charge < -0.3 is 9.47 Å². The van der Waals surface area contributed by atoms with Gasteiger partial charge >= 0.3 is 0 Å². The maximum atomic E-state index is 9.59. The number of hydrogen-bond acceptors (Lipinski definition) is 4. The van der Waals surface area contributed by atoms with Crippen molar-refractivity contribution in [3.63, 3.8) is 0 Å². The molecule has 2 aliphatic carbocycles. The maximum absolute atomic E-state index is 9.59. The lowest BCUT2D eigenvalue weighted by atomic mass is 9.96. The fourth-order valence-electron chi connectivity index (χ4n) is 5.30. The Morgan fingerprint density at radius 1 is 1.08 bits per heavy atom. The Bertz CT molecular complexity index is 1160. The smallest absolute Gasteiger partial charge is 0.137 e. The van der Waals surface area contributed by atoms with Crippen molar-refractivity contribution >= 4 is 0 Å². The summed E-state index contributed by atoms with van der Waals surface area (Å²) < 4.78 is 12.8. The van der Waals surface area contributed by atoms with Crippen LogP contribution >= 0.6 is 0 Å². The number of nitriles is 1. The molecular weight excluding hydrogens is 468 g/mol. The third-order valence-corrected chi connectivity index (χ3v) is 7.82. The minimum Gasteiger partial charge on any atom is -0.461 e. The molecule has 4 heteroatoms. The second-order valence-corrected chi connectivity index (χ2v) is 11.1. The molecule has 0 bridgehead atoms. The van der Waals surface area contributed by atoms with Crippen molar-refractivity contribution in [3.05, 3.63) is 70.6 Å². The Hall–Kier alpha value is -2.90. The molecule has 1 fully saturated rings. The molecule has 202 valence electrons. The molecule has 2 aliphatic rings. The number of hydrogen-bond donors (Lipinski definition) is 0. The molecule has 4 nitrogen and oxygen atoms in total. The average Bonchev–Trinajstić information content (AvgIpc) is 3.79. The number of aromatic nitrogens is 1. The van der Waals surface area contributed by atoms with E-state index in [9.17, 15) is 5.26 Å². The molecule has 0 N–H and O–H groups in total. The normalized spacial score (nSPS) is 17.4. The third kappa shape index (κ3) is 7.35. The zero-order valence-electron chi connectivity index (χ0n) is 23.8. The van der Waals surface area contributed by atoms with Gasteiger partial charge in [-0.15, -0.1) is 0 Å². The van der Waals surface area contributed by atoms with Crippen LogP contribution in [0.15, 0.2) is 59.5 Å². The topological polar surface area (TPSA) is 55.1 Å². The van der Waals surface area contributed by atoms with Crippen LogP contribution in [0.5, 0.6) is 5.75 Å². The monoisotopic (exact) mass is 512 g/mol. The van der Waals surface area contributed by atoms with Crippen LogP contribution in [0.1, 0.15) is 109 Å². The van der Waals surface area contributed by atoms with Crippen molar-refractivity contribution in [2.75, 3.05) is 6.61 Å². The molecule has 4 rings (SSSR count). The van der Waals surface area contributed by atoms with Gasteiger partial charge in [0.1, 0.15) is 11.5 Å². The predicted octanol–water partition coefficient (Wildman–Crippen LogP) is 9.48. The van der Waals surface area contributed by atoms with Crippen molar-refractivity contribution in [2.45, 2.75) is 98.0 Å². The van der Waals surface area contributed by atoms with Gasteiger partial charge in [-0.2, -0.15) is 5.26 Å². The lowest BCUT2D eigenvalue weighted by molar-refractivity contribution is 0.0364. The van der Waals surface area contributed by atoms with Gasteiger partial charge in [-0.25, -0.2) is 0 Å². The second-order valence-electron chi connectivity index (χ2n) is 11.1. The first-order valence-corrected chi connectivity index (χ1v) is 14.8. The van der Waals surface area contributed by atoms with Crippen LogP contribution in [0.2, 0.25) is 0 Å². The molecule has 1 aromatic heterocycles. The largest absolute Gasteiger partial charge is 0.461 e. The minimum absolute atomic E-state index is 0.0595. The summed E-state index contributed by atoms with van der Waals surface area (Å²) in [7, 11) is 0. The molecule has 0 aliphatic heterocycles. The summed E-state index contributed by atoms with van der Waals surface area (Å²) in [5, 5.41) is 9.59. The Balaban J connectivity index is 1.62. The van der Waals surface area contributed by atoms with E-state index < -0.39 is 0 Å². The average molecular weight is 513 g/mol. The van der Waals surface area contributed by atoms with Crippen molar-refractivity contribution in [1.82, 2.24) is 4.98 Å². The molecule has 38 heavy (non-hydrogen) atoms. The number of benzene rings is 1. The highest BCUT2D eigenvalue weighted by Gasteiger charge is 2.29. The lowest BCUT2D eigenvalue weighted by Crippen LogP contribution is -2.10. The number of allylic oxidation sites excluding steroid dienone is 4. The molecule has 0 radical (unpaired) electrons. The van der Waals surface area contributed by atoms with Crippen LogP contribution in [-0.2, 0) is 4.74 Å². The van der Waals surface area contributed by atoms with Gasteiger partial charge in [-0.05, 0) is 98.3 Å². The molecule has 0 spiro atoms. The van der Waals surface area contributed by atoms with Gasteiger partial charge in [0.05, 0.1) is 23.4 Å². The van der Waals surface area contributed by atoms with Crippen LogP contribution in [0.25, 0.3) is 11.3 Å². The van der Waals surface area contributed by atoms with Crippen LogP contribution in [-0.4, -0.2) is 11.6 Å². The zero-order valence-corrected chi connectivity index (χ0v) is 23.8. The second kappa shape index (κ2) is 13.8. The van der Waals surface area contributed by atoms with Crippen LogP contribution < -0.4 is 4.74 Å². The molecule has 1 saturated carbocycles. The fourth-order valence-corrected chi connectivity index (χ4v) is 5.30. The summed E-state index contributed by atoms with van der Waals surface area (Å²) in [6, 6.07) is 12.2. The highest BCUT2D eigenvalue weighted by atomic mass is 16.5. The van der Waals surface area contributed by atoms with Crippen molar-refractivity contribution < 1.29 is 9.47 Å². The van der Waals surface area contributed by atoms with Crippen molar-refractivity contribution in [3.8, 4) is 23.1 Å². The van der Waals surface area contributed by atoms with E-state index in [2.05, 4.69) is 52.0 Å². The molecule has 2 unspecified atom stereocenters. The zero-order chi connectivity index (χ0) is 26.9. The van der Waals surface area contributed by atoms with E-state index in [4.69, 9.17) is 14.5 Å². The highest BCUT2D eigenvalue weighted by Crippen LogP contribution is 2.43. The van der Waals surface area contributed by atoms with Gasteiger partial charge in [0.25, 0.3) is 0 Å². The van der Waals surface area contributed by atoms with E-state index in [-0.39, 0.29) is 6.10 Å². The van der Waals surface area contributed by atoms with Crippen LogP contribution in [0.4, 0.5) is 0 Å². The standard InChI is InChI=1S/C34H44N2O2/c1-5-9-26-10-8-11-29(21-31(26)27-13-14-27)38-34-20-25(22-35)12-16-30(34)32-17-15-28(23-36-32)33(37-18-6-2)19-24(4)7-3/h12,15-17,20-21,23-24,27,33H,5-11,13-14,18-19H2,1-4H3. The maximum Gasteiger partial charge on any atom is 0.137 e. The number of nitrogens with zero attached hydrogens (tertiary/aromatic N) is 2. The van der Waals surface area contributed by atoms with Crippen molar-refractivity contribution in [2.24, 2.45) is 11.8 Å². The molecule has 0 saturated heterocycles. The quantitative estimate of drug-likeness (QED) is 0.268. The Kier molecular flexibility index (Phi) is 10.2. The molecule has 1 heterocycles. The molecule has 1 aromatic carbocycles. The SMILES string of the molecule is CCCOC(CC(C)CC)c1ccc(-c2ccc(C#N)cc2OC2=CC(C3CC3)=C(CCC)CCC2)nc1. The minimum atomic E-state index is 0.0595. The number of rotatable bonds is 13. The first kappa shape index (κ1) is 28.1. The van der Waals surface area contributed by atoms with E-state index in [1.807, 2.05) is 24.4 Å². The van der Waals surface area contributed by atoms with Gasteiger partial charge in [-0.3, -0.25) is 4.98 Å². The van der Waals surface area contributed by atoms with Gasteiger partial charge in [-0.1, -0.05) is 52.2 Å². The highest BCUT2D eigenvalue weighted by molar-refractivity contribution is 5.69. The van der Waals surface area contributed by atoms with E-state index in [1.54, 1.807) is 5.57 Å². The lowest BCUT2D eigenvalue weighted by Gasteiger charge is -2.21. The summed E-state index contributed by atoms with van der Waals surface area (Å²) in [6.45, 7) is 9.67. The Morgan fingerprint density at radius 2 is 1.92 bits per heavy atom. The predicted molar refractivity (Wildman–Crippen MR) is 155 cm³/mol. The van der Waals surface area contributed by atoms with Crippen LogP contribution in [0, 0.1) is 23.2 Å². The summed E-state index contributed by atoms with van der Waals surface area (Å²) in [6.07, 6.45) is 15.6. The van der Waals surface area contributed by atoms with E-state index in [1.165, 1.54) is 31.3 Å². The summed E-state index contributed by atoms with van der Waals surface area (Å²) >= 11 is 0. The van der Waals surface area contributed by atoms with E-state index >= 15 is 0 Å². The Morgan fingerprint density at radius 3 is 2.58 bits per heavy atom. The first-order valence-electron chi connectivity index (χ1n) is 14.8. The van der Waals surface area contributed by atoms with E-state index in [0.717, 1.165) is 67.7 Å². The molecule has 2 aromatic rings. The van der Waals surface area contributed by atoms with E-state index in [0.29, 0.717) is 23.1 Å². The molecule has 0 amide bonds. The van der Waals surface area contributed by atoms with Crippen LogP contribution in [0.3, 0.4) is 0 Å². The molecule has 2 atom stereocenters. The van der Waals surface area contributed by atoms with Gasteiger partial charge in [0, 0.05) is 24.8 Å². The van der Waals surface area contributed by atoms with Gasteiger partial charge in [0.2, 0.25) is 0 Å². The summed E-state index contributed by atoms with van der Waals surface area (Å²) in [4.78, 5) is 4.86.